The topological polar surface area (TPSA) is 39.7 Å². The summed E-state index contributed by atoms with van der Waals surface area (Å²) in [5.74, 6) is 0.921. The number of unbranched alkanes of at least 4 members (excludes halogenated alkanes) is 2. The van der Waals surface area contributed by atoms with E-state index in [9.17, 15) is 0 Å². The molecule has 0 fully saturated rings. The van der Waals surface area contributed by atoms with E-state index in [4.69, 9.17) is 0 Å². The predicted molar refractivity (Wildman–Crippen MR) is 81.3 cm³/mol. The largest absolute Gasteiger partial charge is 0.356 e. The van der Waals surface area contributed by atoms with Crippen LogP contribution >= 0.6 is 0 Å². The standard InChI is InChI=1S/C14H32N4/c1-6-9-10-11-16-14(15-5)17-12-13(4)18(7-2)8-3/h13H,6-12H2,1-5H3,(H2,15,16,17). The van der Waals surface area contributed by atoms with Crippen molar-refractivity contribution in [2.75, 3.05) is 33.2 Å². The molecule has 0 aliphatic rings. The Bertz CT molecular complexity index is 212. The number of nitrogens with zero attached hydrogens (tertiary/aromatic N) is 2. The summed E-state index contributed by atoms with van der Waals surface area (Å²) in [7, 11) is 1.83. The summed E-state index contributed by atoms with van der Waals surface area (Å²) >= 11 is 0. The molecule has 0 aromatic heterocycles. The molecule has 2 N–H and O–H groups in total. The molecule has 0 saturated carbocycles. The monoisotopic (exact) mass is 256 g/mol. The molecule has 0 aromatic rings. The van der Waals surface area contributed by atoms with E-state index in [1.54, 1.807) is 0 Å². The predicted octanol–water partition coefficient (Wildman–Crippen LogP) is 2.07. The van der Waals surface area contributed by atoms with E-state index in [1.165, 1.54) is 19.3 Å². The summed E-state index contributed by atoms with van der Waals surface area (Å²) in [6.07, 6.45) is 3.75. The van der Waals surface area contributed by atoms with Gasteiger partial charge in [0.2, 0.25) is 0 Å². The van der Waals surface area contributed by atoms with Crippen LogP contribution in [0.15, 0.2) is 4.99 Å². The zero-order chi connectivity index (χ0) is 13.8. The highest BCUT2D eigenvalue weighted by Crippen LogP contribution is 1.96. The Morgan fingerprint density at radius 1 is 1.11 bits per heavy atom. The first-order valence-corrected chi connectivity index (χ1v) is 7.38. The van der Waals surface area contributed by atoms with E-state index in [0.717, 1.165) is 32.1 Å². The van der Waals surface area contributed by atoms with Gasteiger partial charge in [-0.1, -0.05) is 33.6 Å². The van der Waals surface area contributed by atoms with Gasteiger partial charge < -0.3 is 10.6 Å². The van der Waals surface area contributed by atoms with Gasteiger partial charge in [-0.25, -0.2) is 0 Å². The van der Waals surface area contributed by atoms with Crippen LogP contribution in [-0.2, 0) is 0 Å². The molecule has 4 heteroatoms. The van der Waals surface area contributed by atoms with Gasteiger partial charge in [0.15, 0.2) is 5.96 Å². The summed E-state index contributed by atoms with van der Waals surface area (Å²) in [6.45, 7) is 13.0. The number of hydrogen-bond donors (Lipinski definition) is 2. The number of nitrogens with one attached hydrogen (secondary N) is 2. The third kappa shape index (κ3) is 7.54. The molecule has 0 aliphatic heterocycles. The molecule has 18 heavy (non-hydrogen) atoms. The van der Waals surface area contributed by atoms with Crippen LogP contribution in [0.5, 0.6) is 0 Å². The van der Waals surface area contributed by atoms with Gasteiger partial charge in [-0.2, -0.15) is 0 Å². The van der Waals surface area contributed by atoms with Gasteiger partial charge in [0.1, 0.15) is 0 Å². The Labute approximate surface area is 113 Å². The van der Waals surface area contributed by atoms with E-state index in [-0.39, 0.29) is 0 Å². The Hall–Kier alpha value is -0.770. The van der Waals surface area contributed by atoms with Crippen LogP contribution in [0.4, 0.5) is 0 Å². The van der Waals surface area contributed by atoms with Gasteiger partial charge in [-0.15, -0.1) is 0 Å². The first kappa shape index (κ1) is 17.2. The van der Waals surface area contributed by atoms with E-state index in [1.807, 2.05) is 7.05 Å². The molecule has 0 rings (SSSR count). The van der Waals surface area contributed by atoms with Gasteiger partial charge in [-0.05, 0) is 26.4 Å². The lowest BCUT2D eigenvalue weighted by atomic mass is 10.2. The second-order valence-electron chi connectivity index (χ2n) is 4.66. The number of rotatable bonds is 9. The SMILES string of the molecule is CCCCCNC(=NC)NCC(C)N(CC)CC. The molecule has 4 nitrogen and oxygen atoms in total. The van der Waals surface area contributed by atoms with Crippen molar-refractivity contribution in [1.29, 1.82) is 0 Å². The first-order valence-electron chi connectivity index (χ1n) is 7.38. The molecular formula is C14H32N4. The Morgan fingerprint density at radius 3 is 2.28 bits per heavy atom. The first-order chi connectivity index (χ1) is 8.69. The van der Waals surface area contributed by atoms with Gasteiger partial charge in [0.25, 0.3) is 0 Å². The lowest BCUT2D eigenvalue weighted by Crippen LogP contribution is -2.46. The van der Waals surface area contributed by atoms with Crippen molar-refractivity contribution in [3.63, 3.8) is 0 Å². The van der Waals surface area contributed by atoms with Crippen LogP contribution in [0, 0.1) is 0 Å². The Morgan fingerprint density at radius 2 is 1.78 bits per heavy atom. The average Bonchev–Trinajstić information content (AvgIpc) is 2.39. The lowest BCUT2D eigenvalue weighted by Gasteiger charge is -2.27. The highest BCUT2D eigenvalue weighted by Gasteiger charge is 2.09. The molecule has 0 aliphatic carbocycles. The van der Waals surface area contributed by atoms with Crippen LogP contribution in [0.1, 0.15) is 47.0 Å². The van der Waals surface area contributed by atoms with Crippen molar-refractivity contribution < 1.29 is 0 Å². The van der Waals surface area contributed by atoms with E-state index in [0.29, 0.717) is 6.04 Å². The Balaban J connectivity index is 3.86. The second-order valence-corrected chi connectivity index (χ2v) is 4.66. The minimum absolute atomic E-state index is 0.536. The van der Waals surface area contributed by atoms with E-state index in [2.05, 4.69) is 48.2 Å². The minimum Gasteiger partial charge on any atom is -0.356 e. The van der Waals surface area contributed by atoms with Crippen LogP contribution in [0.25, 0.3) is 0 Å². The molecule has 1 atom stereocenters. The molecule has 0 bridgehead atoms. The van der Waals surface area contributed by atoms with Crippen molar-refractivity contribution in [1.82, 2.24) is 15.5 Å². The third-order valence-electron chi connectivity index (χ3n) is 3.30. The molecule has 0 aromatic carbocycles. The lowest BCUT2D eigenvalue weighted by molar-refractivity contribution is 0.231. The fourth-order valence-corrected chi connectivity index (χ4v) is 2.02. The number of likely N-dealkylation sites (N-methyl/N-ethyl adjacent to an activating group) is 1. The second kappa shape index (κ2) is 11.3. The molecule has 0 radical (unpaired) electrons. The maximum Gasteiger partial charge on any atom is 0.191 e. The molecule has 0 amide bonds. The van der Waals surface area contributed by atoms with Gasteiger partial charge in [-0.3, -0.25) is 9.89 Å². The quantitative estimate of drug-likeness (QED) is 0.377. The number of hydrogen-bond acceptors (Lipinski definition) is 2. The van der Waals surface area contributed by atoms with Crippen molar-refractivity contribution >= 4 is 5.96 Å². The fraction of sp³-hybridized carbons (Fsp3) is 0.929. The molecule has 0 spiro atoms. The fourth-order valence-electron chi connectivity index (χ4n) is 2.02. The van der Waals surface area contributed by atoms with Crippen LogP contribution < -0.4 is 10.6 Å². The molecule has 1 unspecified atom stereocenters. The summed E-state index contributed by atoms with van der Waals surface area (Å²) in [5, 5.41) is 6.75. The normalized spacial score (nSPS) is 13.8. The van der Waals surface area contributed by atoms with Gasteiger partial charge >= 0.3 is 0 Å². The van der Waals surface area contributed by atoms with Crippen LogP contribution in [0.2, 0.25) is 0 Å². The smallest absolute Gasteiger partial charge is 0.191 e. The van der Waals surface area contributed by atoms with Crippen molar-refractivity contribution in [2.45, 2.75) is 53.0 Å². The molecule has 0 saturated heterocycles. The Kier molecular flexibility index (Phi) is 10.8. The maximum absolute atomic E-state index is 4.24. The summed E-state index contributed by atoms with van der Waals surface area (Å²) in [5.41, 5.74) is 0. The summed E-state index contributed by atoms with van der Waals surface area (Å²) in [6, 6.07) is 0.536. The molecule has 108 valence electrons. The molecular weight excluding hydrogens is 224 g/mol. The van der Waals surface area contributed by atoms with E-state index >= 15 is 0 Å². The number of aliphatic imine (C=N–C) groups is 1. The van der Waals surface area contributed by atoms with Gasteiger partial charge in [0.05, 0.1) is 0 Å². The third-order valence-corrected chi connectivity index (χ3v) is 3.30. The number of guanidine groups is 1. The van der Waals surface area contributed by atoms with Crippen molar-refractivity contribution in [3.8, 4) is 0 Å². The minimum atomic E-state index is 0.536. The highest BCUT2D eigenvalue weighted by molar-refractivity contribution is 5.79. The van der Waals surface area contributed by atoms with Crippen LogP contribution in [0.3, 0.4) is 0 Å². The van der Waals surface area contributed by atoms with Crippen LogP contribution in [-0.4, -0.2) is 50.1 Å². The van der Waals surface area contributed by atoms with Crippen molar-refractivity contribution in [2.24, 2.45) is 4.99 Å². The zero-order valence-corrected chi connectivity index (χ0v) is 12.9. The zero-order valence-electron chi connectivity index (χ0n) is 12.9. The summed E-state index contributed by atoms with van der Waals surface area (Å²) < 4.78 is 0. The van der Waals surface area contributed by atoms with Gasteiger partial charge in [0, 0.05) is 26.2 Å². The van der Waals surface area contributed by atoms with Crippen molar-refractivity contribution in [3.05, 3.63) is 0 Å². The maximum atomic E-state index is 4.24. The van der Waals surface area contributed by atoms with E-state index < -0.39 is 0 Å². The summed E-state index contributed by atoms with van der Waals surface area (Å²) in [4.78, 5) is 6.69. The molecule has 0 heterocycles. The highest BCUT2D eigenvalue weighted by atomic mass is 15.2. The average molecular weight is 256 g/mol.